The Balaban J connectivity index is 1.53. The molecule has 1 unspecified atom stereocenters. The minimum absolute atomic E-state index is 0.121. The van der Waals surface area contributed by atoms with E-state index in [0.29, 0.717) is 30.9 Å². The number of aromatic nitrogens is 1. The van der Waals surface area contributed by atoms with Crippen LogP contribution in [0.5, 0.6) is 11.5 Å². The molecule has 9 heteroatoms. The first-order valence-corrected chi connectivity index (χ1v) is 10.6. The fourth-order valence-electron chi connectivity index (χ4n) is 4.23. The summed E-state index contributed by atoms with van der Waals surface area (Å²) in [7, 11) is 1.66. The summed E-state index contributed by atoms with van der Waals surface area (Å²) in [4.78, 5) is 14.9. The average molecular weight is 457 g/mol. The topological polar surface area (TPSA) is 67.5 Å². The van der Waals surface area contributed by atoms with Gasteiger partial charge in [-0.25, -0.2) is 0 Å². The summed E-state index contributed by atoms with van der Waals surface area (Å²) in [6, 6.07) is 14.9. The smallest absolute Gasteiger partial charge is 0.490 e. The molecule has 0 bridgehead atoms. The standard InChI is InChI=1S/C24H22F3N3O3/c1-29-21-7-3-2-6-19(21)22(20(15-28)23(29)31)30-13-4-5-16(12-14-30)32-17-8-10-18(11-9-17)33-24(25,26)27/h2-3,6-11,16H,4-5,12-14H2,1H3. The highest BCUT2D eigenvalue weighted by Crippen LogP contribution is 2.31. The zero-order valence-corrected chi connectivity index (χ0v) is 17.9. The minimum Gasteiger partial charge on any atom is -0.490 e. The van der Waals surface area contributed by atoms with E-state index in [9.17, 15) is 23.2 Å². The lowest BCUT2D eigenvalue weighted by Gasteiger charge is -2.26. The van der Waals surface area contributed by atoms with Gasteiger partial charge in [0, 0.05) is 31.9 Å². The van der Waals surface area contributed by atoms with Crippen molar-refractivity contribution in [1.82, 2.24) is 4.57 Å². The van der Waals surface area contributed by atoms with Crippen molar-refractivity contribution in [2.75, 3.05) is 18.0 Å². The minimum atomic E-state index is -4.74. The Morgan fingerprint density at radius 3 is 2.42 bits per heavy atom. The fourth-order valence-corrected chi connectivity index (χ4v) is 4.23. The van der Waals surface area contributed by atoms with E-state index in [2.05, 4.69) is 15.7 Å². The second-order valence-corrected chi connectivity index (χ2v) is 7.89. The Morgan fingerprint density at radius 1 is 1.03 bits per heavy atom. The summed E-state index contributed by atoms with van der Waals surface area (Å²) in [5, 5.41) is 10.6. The lowest BCUT2D eigenvalue weighted by molar-refractivity contribution is -0.274. The lowest BCUT2D eigenvalue weighted by Crippen LogP contribution is -2.30. The number of aryl methyl sites for hydroxylation is 1. The van der Waals surface area contributed by atoms with Crippen LogP contribution in [-0.4, -0.2) is 30.1 Å². The number of benzene rings is 2. The maximum atomic E-state index is 12.8. The first-order valence-electron chi connectivity index (χ1n) is 10.6. The van der Waals surface area contributed by atoms with Crippen molar-refractivity contribution in [2.45, 2.75) is 31.7 Å². The third-order valence-corrected chi connectivity index (χ3v) is 5.74. The van der Waals surface area contributed by atoms with Crippen molar-refractivity contribution in [2.24, 2.45) is 7.05 Å². The van der Waals surface area contributed by atoms with Crippen LogP contribution < -0.4 is 19.9 Å². The summed E-state index contributed by atoms with van der Waals surface area (Å²) in [6.07, 6.45) is -2.74. The van der Waals surface area contributed by atoms with E-state index < -0.39 is 6.36 Å². The molecule has 172 valence electrons. The molecule has 2 aromatic carbocycles. The maximum Gasteiger partial charge on any atom is 0.573 e. The van der Waals surface area contributed by atoms with Gasteiger partial charge in [-0.2, -0.15) is 5.26 Å². The number of pyridine rings is 1. The fraction of sp³-hybridized carbons (Fsp3) is 0.333. The molecular weight excluding hydrogens is 435 g/mol. The number of hydrogen-bond donors (Lipinski definition) is 0. The summed E-state index contributed by atoms with van der Waals surface area (Å²) < 4.78 is 48.4. The zero-order valence-electron chi connectivity index (χ0n) is 17.9. The van der Waals surface area contributed by atoms with Crippen LogP contribution in [0.15, 0.2) is 53.3 Å². The van der Waals surface area contributed by atoms with E-state index in [4.69, 9.17) is 4.74 Å². The highest BCUT2D eigenvalue weighted by molar-refractivity contribution is 5.94. The number of rotatable bonds is 4. The van der Waals surface area contributed by atoms with Gasteiger partial charge in [-0.1, -0.05) is 18.2 Å². The predicted octanol–water partition coefficient (Wildman–Crippen LogP) is 4.75. The van der Waals surface area contributed by atoms with E-state index >= 15 is 0 Å². The number of hydrogen-bond acceptors (Lipinski definition) is 5. The highest BCUT2D eigenvalue weighted by atomic mass is 19.4. The van der Waals surface area contributed by atoms with Crippen LogP contribution in [0.4, 0.5) is 18.9 Å². The molecule has 2 heterocycles. The van der Waals surface area contributed by atoms with Crippen molar-refractivity contribution in [3.63, 3.8) is 0 Å². The molecule has 1 atom stereocenters. The Morgan fingerprint density at radius 2 is 1.73 bits per heavy atom. The van der Waals surface area contributed by atoms with Gasteiger partial charge in [0.15, 0.2) is 0 Å². The van der Waals surface area contributed by atoms with Crippen LogP contribution in [0, 0.1) is 11.3 Å². The summed E-state index contributed by atoms with van der Waals surface area (Å²) in [6.45, 7) is 1.23. The molecule has 0 saturated carbocycles. The van der Waals surface area contributed by atoms with Crippen LogP contribution >= 0.6 is 0 Å². The molecule has 0 radical (unpaired) electrons. The number of anilines is 1. The summed E-state index contributed by atoms with van der Waals surface area (Å²) >= 11 is 0. The van der Waals surface area contributed by atoms with Gasteiger partial charge < -0.3 is 18.9 Å². The van der Waals surface area contributed by atoms with E-state index in [1.165, 1.54) is 28.8 Å². The molecule has 1 saturated heterocycles. The molecule has 6 nitrogen and oxygen atoms in total. The molecule has 0 N–H and O–H groups in total. The normalized spacial score (nSPS) is 16.8. The number of nitriles is 1. The quantitative estimate of drug-likeness (QED) is 0.566. The number of halogens is 3. The Labute approximate surface area is 188 Å². The van der Waals surface area contributed by atoms with Gasteiger partial charge in [0.1, 0.15) is 29.2 Å². The molecular formula is C24H22F3N3O3. The van der Waals surface area contributed by atoms with E-state index in [1.54, 1.807) is 7.05 Å². The molecule has 0 aliphatic carbocycles. The van der Waals surface area contributed by atoms with E-state index in [0.717, 1.165) is 23.7 Å². The summed E-state index contributed by atoms with van der Waals surface area (Å²) in [5.41, 5.74) is 1.19. The third kappa shape index (κ3) is 4.90. The van der Waals surface area contributed by atoms with Gasteiger partial charge in [0.25, 0.3) is 5.56 Å². The number of ether oxygens (including phenoxy) is 2. The van der Waals surface area contributed by atoms with Crippen molar-refractivity contribution >= 4 is 16.6 Å². The number of alkyl halides is 3. The lowest BCUT2D eigenvalue weighted by atomic mass is 10.1. The molecule has 33 heavy (non-hydrogen) atoms. The second kappa shape index (κ2) is 9.06. The van der Waals surface area contributed by atoms with Gasteiger partial charge in [-0.15, -0.1) is 13.2 Å². The SMILES string of the molecule is Cn1c(=O)c(C#N)c(N2CCCC(Oc3ccc(OC(F)(F)F)cc3)CC2)c2ccccc21. The summed E-state index contributed by atoms with van der Waals surface area (Å²) in [5.74, 6) is 0.156. The molecule has 3 aromatic rings. The Bertz CT molecular complexity index is 1250. The van der Waals surface area contributed by atoms with Crippen LogP contribution in [0.2, 0.25) is 0 Å². The van der Waals surface area contributed by atoms with Gasteiger partial charge in [-0.3, -0.25) is 4.79 Å². The largest absolute Gasteiger partial charge is 0.573 e. The molecule has 1 aliphatic rings. The average Bonchev–Trinajstić information content (AvgIpc) is 3.02. The monoisotopic (exact) mass is 457 g/mol. The van der Waals surface area contributed by atoms with E-state index in [-0.39, 0.29) is 23.0 Å². The number of fused-ring (bicyclic) bond motifs is 1. The van der Waals surface area contributed by atoms with Crippen LogP contribution in [0.3, 0.4) is 0 Å². The Kier molecular flexibility index (Phi) is 6.18. The molecule has 0 spiro atoms. The van der Waals surface area contributed by atoms with Crippen molar-refractivity contribution in [1.29, 1.82) is 5.26 Å². The molecule has 4 rings (SSSR count). The van der Waals surface area contributed by atoms with Crippen LogP contribution in [0.25, 0.3) is 10.9 Å². The first kappa shape index (κ1) is 22.5. The maximum absolute atomic E-state index is 12.8. The van der Waals surface area contributed by atoms with Gasteiger partial charge >= 0.3 is 6.36 Å². The number of nitrogens with zero attached hydrogens (tertiary/aromatic N) is 3. The molecule has 1 fully saturated rings. The third-order valence-electron chi connectivity index (χ3n) is 5.74. The Hall–Kier alpha value is -3.67. The van der Waals surface area contributed by atoms with Crippen molar-refractivity contribution in [3.05, 3.63) is 64.4 Å². The highest BCUT2D eigenvalue weighted by Gasteiger charge is 2.31. The van der Waals surface area contributed by atoms with Crippen LogP contribution in [-0.2, 0) is 7.05 Å². The van der Waals surface area contributed by atoms with E-state index in [1.807, 2.05) is 24.3 Å². The van der Waals surface area contributed by atoms with Crippen molar-refractivity contribution in [3.8, 4) is 17.6 Å². The van der Waals surface area contributed by atoms with Gasteiger partial charge in [-0.05, 0) is 43.2 Å². The molecule has 1 aromatic heterocycles. The second-order valence-electron chi connectivity index (χ2n) is 7.89. The number of para-hydroxylation sites is 1. The van der Waals surface area contributed by atoms with Gasteiger partial charge in [0.05, 0.1) is 11.2 Å². The molecule has 1 aliphatic heterocycles. The molecule has 0 amide bonds. The van der Waals surface area contributed by atoms with Crippen molar-refractivity contribution < 1.29 is 22.6 Å². The van der Waals surface area contributed by atoms with Crippen LogP contribution in [0.1, 0.15) is 24.8 Å². The van der Waals surface area contributed by atoms with Gasteiger partial charge in [0.2, 0.25) is 0 Å². The zero-order chi connectivity index (χ0) is 23.6. The predicted molar refractivity (Wildman–Crippen MR) is 118 cm³/mol. The first-order chi connectivity index (χ1) is 15.8.